The van der Waals surface area contributed by atoms with Crippen LogP contribution >= 0.6 is 15.9 Å². The lowest BCUT2D eigenvalue weighted by Crippen LogP contribution is -2.39. The Morgan fingerprint density at radius 1 is 1.40 bits per heavy atom. The van der Waals surface area contributed by atoms with E-state index in [1.54, 1.807) is 18.2 Å². The van der Waals surface area contributed by atoms with E-state index in [0.29, 0.717) is 22.3 Å². The van der Waals surface area contributed by atoms with E-state index in [1.807, 2.05) is 21.1 Å². The SMILES string of the molecule is C[N+](C)(C)CC(=O)c1ccc(N)c(Br)c1. The maximum atomic E-state index is 11.8. The van der Waals surface area contributed by atoms with E-state index in [2.05, 4.69) is 15.9 Å². The molecule has 0 aliphatic rings. The van der Waals surface area contributed by atoms with Gasteiger partial charge in [-0.25, -0.2) is 0 Å². The van der Waals surface area contributed by atoms with E-state index in [4.69, 9.17) is 5.73 Å². The minimum Gasteiger partial charge on any atom is -0.398 e. The molecule has 4 heteroatoms. The van der Waals surface area contributed by atoms with Crippen LogP contribution < -0.4 is 5.73 Å². The first-order chi connectivity index (χ1) is 6.79. The van der Waals surface area contributed by atoms with Gasteiger partial charge in [0.1, 0.15) is 6.54 Å². The largest absolute Gasteiger partial charge is 0.398 e. The Hall–Kier alpha value is -0.870. The molecule has 1 rings (SSSR count). The molecule has 0 atom stereocenters. The number of rotatable bonds is 3. The first kappa shape index (κ1) is 12.2. The molecule has 0 aliphatic heterocycles. The van der Waals surface area contributed by atoms with Crippen LogP contribution in [0.1, 0.15) is 10.4 Å². The van der Waals surface area contributed by atoms with Gasteiger partial charge in [-0.3, -0.25) is 4.79 Å². The van der Waals surface area contributed by atoms with Crippen LogP contribution in [0, 0.1) is 0 Å². The van der Waals surface area contributed by atoms with E-state index in [-0.39, 0.29) is 5.78 Å². The maximum absolute atomic E-state index is 11.8. The molecule has 15 heavy (non-hydrogen) atoms. The maximum Gasteiger partial charge on any atom is 0.216 e. The zero-order valence-corrected chi connectivity index (χ0v) is 10.8. The lowest BCUT2D eigenvalue weighted by atomic mass is 10.1. The van der Waals surface area contributed by atoms with Crippen molar-refractivity contribution >= 4 is 27.4 Å². The van der Waals surface area contributed by atoms with E-state index in [1.165, 1.54) is 0 Å². The van der Waals surface area contributed by atoms with Crippen LogP contribution in [0.15, 0.2) is 22.7 Å². The van der Waals surface area contributed by atoms with Gasteiger partial charge in [0.15, 0.2) is 0 Å². The van der Waals surface area contributed by atoms with Crippen molar-refractivity contribution in [2.24, 2.45) is 0 Å². The molecule has 0 unspecified atom stereocenters. The van der Waals surface area contributed by atoms with Crippen LogP contribution in [0.2, 0.25) is 0 Å². The number of hydrogen-bond donors (Lipinski definition) is 1. The van der Waals surface area contributed by atoms with Crippen molar-refractivity contribution in [1.29, 1.82) is 0 Å². The summed E-state index contributed by atoms with van der Waals surface area (Å²) < 4.78 is 1.40. The van der Waals surface area contributed by atoms with Crippen LogP contribution in [0.25, 0.3) is 0 Å². The minimum atomic E-state index is 0.128. The average molecular weight is 272 g/mol. The van der Waals surface area contributed by atoms with Crippen molar-refractivity contribution in [3.05, 3.63) is 28.2 Å². The number of anilines is 1. The number of ketones is 1. The van der Waals surface area contributed by atoms with Crippen molar-refractivity contribution in [2.45, 2.75) is 0 Å². The zero-order chi connectivity index (χ0) is 11.6. The predicted octanol–water partition coefficient (Wildman–Crippen LogP) is 1.92. The van der Waals surface area contributed by atoms with Gasteiger partial charge in [0, 0.05) is 15.7 Å². The van der Waals surface area contributed by atoms with Gasteiger partial charge in [-0.1, -0.05) is 0 Å². The number of benzene rings is 1. The van der Waals surface area contributed by atoms with E-state index in [0.717, 1.165) is 4.47 Å². The summed E-state index contributed by atoms with van der Waals surface area (Å²) >= 11 is 3.31. The number of hydrogen-bond acceptors (Lipinski definition) is 2. The Balaban J connectivity index is 2.88. The van der Waals surface area contributed by atoms with Gasteiger partial charge in [0.2, 0.25) is 5.78 Å². The highest BCUT2D eigenvalue weighted by Crippen LogP contribution is 2.20. The number of nitrogens with two attached hydrogens (primary N) is 1. The molecule has 0 saturated heterocycles. The number of quaternary nitrogens is 1. The topological polar surface area (TPSA) is 43.1 Å². The summed E-state index contributed by atoms with van der Waals surface area (Å²) in [7, 11) is 5.97. The molecule has 0 bridgehead atoms. The lowest BCUT2D eigenvalue weighted by molar-refractivity contribution is -0.861. The highest BCUT2D eigenvalue weighted by molar-refractivity contribution is 9.10. The highest BCUT2D eigenvalue weighted by Gasteiger charge is 2.16. The van der Waals surface area contributed by atoms with Gasteiger partial charge in [0.25, 0.3) is 0 Å². The normalized spacial score (nSPS) is 11.5. The number of carbonyl (C=O) groups excluding carboxylic acids is 1. The van der Waals surface area contributed by atoms with Gasteiger partial charge >= 0.3 is 0 Å². The van der Waals surface area contributed by atoms with E-state index < -0.39 is 0 Å². The summed E-state index contributed by atoms with van der Waals surface area (Å²) in [6, 6.07) is 5.28. The Morgan fingerprint density at radius 2 is 2.00 bits per heavy atom. The second kappa shape index (κ2) is 4.33. The summed E-state index contributed by atoms with van der Waals surface area (Å²) in [5.74, 6) is 0.128. The van der Waals surface area contributed by atoms with Crippen molar-refractivity contribution in [3.63, 3.8) is 0 Å². The minimum absolute atomic E-state index is 0.128. The molecular formula is C11H16BrN2O+. The lowest BCUT2D eigenvalue weighted by Gasteiger charge is -2.22. The number of nitrogens with zero attached hydrogens (tertiary/aromatic N) is 1. The zero-order valence-electron chi connectivity index (χ0n) is 9.25. The van der Waals surface area contributed by atoms with Crippen LogP contribution in [0.3, 0.4) is 0 Å². The molecule has 0 fully saturated rings. The number of Topliss-reactive ketones (excluding diaryl/α,β-unsaturated/α-hetero) is 1. The molecule has 0 aromatic heterocycles. The Kier molecular flexibility index (Phi) is 3.52. The van der Waals surface area contributed by atoms with Gasteiger partial charge < -0.3 is 10.2 Å². The molecule has 0 heterocycles. The fourth-order valence-corrected chi connectivity index (χ4v) is 1.60. The summed E-state index contributed by atoms with van der Waals surface area (Å²) in [6.07, 6.45) is 0. The first-order valence-electron chi connectivity index (χ1n) is 4.68. The van der Waals surface area contributed by atoms with Gasteiger partial charge in [-0.05, 0) is 34.1 Å². The molecule has 3 nitrogen and oxygen atoms in total. The van der Waals surface area contributed by atoms with E-state index in [9.17, 15) is 4.79 Å². The second-order valence-corrected chi connectivity index (χ2v) is 5.46. The van der Waals surface area contributed by atoms with Gasteiger partial charge in [-0.2, -0.15) is 0 Å². The summed E-state index contributed by atoms with van der Waals surface area (Å²) in [4.78, 5) is 11.8. The summed E-state index contributed by atoms with van der Waals surface area (Å²) in [5, 5.41) is 0. The second-order valence-electron chi connectivity index (χ2n) is 4.61. The van der Waals surface area contributed by atoms with Crippen molar-refractivity contribution < 1.29 is 9.28 Å². The predicted molar refractivity (Wildman–Crippen MR) is 65.8 cm³/mol. The molecule has 82 valence electrons. The standard InChI is InChI=1S/C11H15BrN2O/c1-14(2,3)7-11(15)8-4-5-10(13)9(12)6-8/h4-6H,7H2,1-3H3,(H-,13,15)/p+1. The van der Waals surface area contributed by atoms with Crippen molar-refractivity contribution in [3.8, 4) is 0 Å². The van der Waals surface area contributed by atoms with E-state index >= 15 is 0 Å². The third-order valence-corrected chi connectivity index (χ3v) is 2.63. The molecule has 0 aliphatic carbocycles. The molecule has 1 aromatic carbocycles. The smallest absolute Gasteiger partial charge is 0.216 e. The van der Waals surface area contributed by atoms with Gasteiger partial charge in [0.05, 0.1) is 21.1 Å². The van der Waals surface area contributed by atoms with Gasteiger partial charge in [-0.15, -0.1) is 0 Å². The quantitative estimate of drug-likeness (QED) is 0.519. The van der Waals surface area contributed by atoms with Crippen molar-refractivity contribution in [2.75, 3.05) is 33.4 Å². The van der Waals surface area contributed by atoms with Crippen molar-refractivity contribution in [1.82, 2.24) is 0 Å². The molecule has 0 amide bonds. The number of halogens is 1. The summed E-state index contributed by atoms with van der Waals surface area (Å²) in [5.41, 5.74) is 7.00. The van der Waals surface area contributed by atoms with Crippen LogP contribution in [0.5, 0.6) is 0 Å². The molecule has 0 saturated carbocycles. The molecule has 0 radical (unpaired) electrons. The van der Waals surface area contributed by atoms with Crippen LogP contribution in [-0.4, -0.2) is 38.0 Å². The fraction of sp³-hybridized carbons (Fsp3) is 0.364. The number of likely N-dealkylation sites (N-methyl/N-ethyl adjacent to an activating group) is 1. The molecular weight excluding hydrogens is 256 g/mol. The summed E-state index contributed by atoms with van der Waals surface area (Å²) in [6.45, 7) is 0.482. The third kappa shape index (κ3) is 3.64. The Labute approximate surface area is 98.6 Å². The van der Waals surface area contributed by atoms with Crippen LogP contribution in [0.4, 0.5) is 5.69 Å². The molecule has 2 N–H and O–H groups in total. The average Bonchev–Trinajstić information content (AvgIpc) is 2.06. The highest BCUT2D eigenvalue weighted by atomic mass is 79.9. The fourth-order valence-electron chi connectivity index (χ4n) is 1.22. The third-order valence-electron chi connectivity index (χ3n) is 1.94. The number of carbonyl (C=O) groups is 1. The Morgan fingerprint density at radius 3 is 2.47 bits per heavy atom. The molecule has 1 aromatic rings. The first-order valence-corrected chi connectivity index (χ1v) is 5.47. The molecule has 0 spiro atoms. The monoisotopic (exact) mass is 271 g/mol. The number of nitrogen functional groups attached to an aromatic ring is 1. The van der Waals surface area contributed by atoms with Crippen LogP contribution in [-0.2, 0) is 0 Å². The Bertz CT molecular complexity index is 383.